The van der Waals surface area contributed by atoms with Crippen molar-refractivity contribution in [2.75, 3.05) is 40.0 Å². The third-order valence-corrected chi connectivity index (χ3v) is 4.05. The van der Waals surface area contributed by atoms with Crippen molar-refractivity contribution in [2.24, 2.45) is 16.1 Å². The summed E-state index contributed by atoms with van der Waals surface area (Å²) in [6.07, 6.45) is 1.31. The Morgan fingerprint density at radius 2 is 1.88 bits per heavy atom. The summed E-state index contributed by atoms with van der Waals surface area (Å²) in [7, 11) is 1.61. The number of carbonyl (C=O) groups excluding carboxylic acids is 2. The summed E-state index contributed by atoms with van der Waals surface area (Å²) in [5.74, 6) is -0.932. The van der Waals surface area contributed by atoms with Crippen LogP contribution in [0.25, 0.3) is 0 Å². The fourth-order valence-electron chi connectivity index (χ4n) is 2.70. The first kappa shape index (κ1) is 22.2. The van der Waals surface area contributed by atoms with E-state index >= 15 is 0 Å². The zero-order valence-electron chi connectivity index (χ0n) is 15.9. The number of aliphatic imine (C=N–C) groups is 1. The van der Waals surface area contributed by atoms with Gasteiger partial charge in [0, 0.05) is 26.8 Å². The molecule has 0 aromatic heterocycles. The van der Waals surface area contributed by atoms with Gasteiger partial charge in [-0.1, -0.05) is 0 Å². The van der Waals surface area contributed by atoms with Crippen molar-refractivity contribution < 1.29 is 28.5 Å². The van der Waals surface area contributed by atoms with Crippen LogP contribution in [0.5, 0.6) is 0 Å². The molecule has 3 N–H and O–H groups in total. The van der Waals surface area contributed by atoms with Gasteiger partial charge in [-0.2, -0.15) is 0 Å². The fourth-order valence-corrected chi connectivity index (χ4v) is 2.70. The molecule has 26 heavy (non-hydrogen) atoms. The minimum absolute atomic E-state index is 0.165. The van der Waals surface area contributed by atoms with Gasteiger partial charge >= 0.3 is 11.9 Å². The molecular weight excluding hydrogens is 342 g/mol. The second-order valence-corrected chi connectivity index (χ2v) is 5.83. The standard InChI is InChI=1S/C17H31N3O6/c1-4-23-13(21)17(14(22)24-5-2)9-8-12-26-15(17)25-11-7-6-10-20-16(18)19-3/h15H,4-12H2,1-3H3,(H3,18,19,20). The number of guanidine groups is 1. The van der Waals surface area contributed by atoms with E-state index in [4.69, 9.17) is 24.7 Å². The van der Waals surface area contributed by atoms with Gasteiger partial charge in [-0.05, 0) is 39.5 Å². The van der Waals surface area contributed by atoms with Gasteiger partial charge < -0.3 is 30.0 Å². The molecule has 0 bridgehead atoms. The highest BCUT2D eigenvalue weighted by molar-refractivity contribution is 6.00. The molecule has 1 atom stereocenters. The van der Waals surface area contributed by atoms with Crippen molar-refractivity contribution in [2.45, 2.75) is 45.8 Å². The molecule has 0 amide bonds. The Balaban J connectivity index is 2.68. The lowest BCUT2D eigenvalue weighted by molar-refractivity contribution is -0.244. The summed E-state index contributed by atoms with van der Waals surface area (Å²) in [5.41, 5.74) is 3.98. The molecule has 9 nitrogen and oxygen atoms in total. The normalized spacial score (nSPS) is 19.7. The number of nitrogens with one attached hydrogen (secondary N) is 1. The molecule has 9 heteroatoms. The molecule has 0 saturated carbocycles. The zero-order chi connectivity index (χ0) is 19.4. The lowest BCUT2D eigenvalue weighted by Gasteiger charge is -2.38. The largest absolute Gasteiger partial charge is 0.465 e. The van der Waals surface area contributed by atoms with Gasteiger partial charge in [0.2, 0.25) is 5.41 Å². The Morgan fingerprint density at radius 1 is 1.23 bits per heavy atom. The number of esters is 2. The predicted octanol–water partition coefficient (Wildman–Crippen LogP) is 0.566. The van der Waals surface area contributed by atoms with E-state index < -0.39 is 23.6 Å². The first-order valence-electron chi connectivity index (χ1n) is 9.06. The third-order valence-electron chi connectivity index (χ3n) is 4.05. The van der Waals surface area contributed by atoms with Crippen molar-refractivity contribution in [3.05, 3.63) is 0 Å². The highest BCUT2D eigenvalue weighted by Gasteiger charge is 2.58. The molecule has 0 radical (unpaired) electrons. The molecule has 1 fully saturated rings. The van der Waals surface area contributed by atoms with Gasteiger partial charge in [-0.25, -0.2) is 0 Å². The molecule has 1 unspecified atom stereocenters. The number of hydrogen-bond donors (Lipinski definition) is 2. The van der Waals surface area contributed by atoms with Crippen LogP contribution >= 0.6 is 0 Å². The summed E-state index contributed by atoms with van der Waals surface area (Å²) in [6, 6.07) is 0. The molecule has 0 aliphatic carbocycles. The average molecular weight is 373 g/mol. The van der Waals surface area contributed by atoms with E-state index in [1.807, 2.05) is 0 Å². The van der Waals surface area contributed by atoms with Crippen LogP contribution in [-0.2, 0) is 28.5 Å². The predicted molar refractivity (Wildman–Crippen MR) is 95.4 cm³/mol. The lowest BCUT2D eigenvalue weighted by atomic mass is 9.80. The third kappa shape index (κ3) is 5.84. The maximum atomic E-state index is 12.6. The number of nitrogens with zero attached hydrogens (tertiary/aromatic N) is 1. The molecule has 1 heterocycles. The molecule has 1 saturated heterocycles. The zero-order valence-corrected chi connectivity index (χ0v) is 15.9. The second-order valence-electron chi connectivity index (χ2n) is 5.83. The molecular formula is C17H31N3O6. The van der Waals surface area contributed by atoms with Crippen LogP contribution < -0.4 is 11.1 Å². The number of nitrogens with two attached hydrogens (primary N) is 1. The van der Waals surface area contributed by atoms with E-state index in [1.54, 1.807) is 20.9 Å². The number of carbonyl (C=O) groups is 2. The minimum Gasteiger partial charge on any atom is -0.465 e. The Bertz CT molecular complexity index is 465. The highest BCUT2D eigenvalue weighted by Crippen LogP contribution is 2.38. The van der Waals surface area contributed by atoms with Gasteiger partial charge in [-0.3, -0.25) is 14.6 Å². The highest BCUT2D eigenvalue weighted by atomic mass is 16.7. The Kier molecular flexibility index (Phi) is 9.97. The second kappa shape index (κ2) is 11.7. The van der Waals surface area contributed by atoms with Crippen molar-refractivity contribution in [3.8, 4) is 0 Å². The molecule has 0 aromatic carbocycles. The summed E-state index contributed by atoms with van der Waals surface area (Å²) in [4.78, 5) is 28.9. The van der Waals surface area contributed by atoms with Crippen LogP contribution in [0.3, 0.4) is 0 Å². The number of hydrogen-bond acceptors (Lipinski definition) is 7. The number of unbranched alkanes of at least 4 members (excludes halogenated alkanes) is 1. The number of rotatable bonds is 10. The van der Waals surface area contributed by atoms with Crippen molar-refractivity contribution in [1.29, 1.82) is 0 Å². The Labute approximate surface area is 154 Å². The van der Waals surface area contributed by atoms with Crippen LogP contribution in [0.1, 0.15) is 39.5 Å². The SMILES string of the molecule is CCOC(=O)C1(C(=O)OCC)CCCOC1OCCCCNC(N)=NC. The quantitative estimate of drug-likeness (QED) is 0.187. The Hall–Kier alpha value is -1.87. The molecule has 1 aliphatic heterocycles. The van der Waals surface area contributed by atoms with Gasteiger partial charge in [0.25, 0.3) is 0 Å². The van der Waals surface area contributed by atoms with Crippen molar-refractivity contribution in [3.63, 3.8) is 0 Å². The maximum Gasteiger partial charge on any atom is 0.328 e. The fraction of sp³-hybridized carbons (Fsp3) is 0.824. The van der Waals surface area contributed by atoms with Gasteiger partial charge in [0.05, 0.1) is 13.2 Å². The maximum absolute atomic E-state index is 12.6. The van der Waals surface area contributed by atoms with Crippen molar-refractivity contribution >= 4 is 17.9 Å². The first-order chi connectivity index (χ1) is 12.5. The summed E-state index contributed by atoms with van der Waals surface area (Å²) in [5, 5.41) is 2.95. The van der Waals surface area contributed by atoms with Crippen LogP contribution in [0, 0.1) is 5.41 Å². The van der Waals surface area contributed by atoms with Crippen LogP contribution in [0.15, 0.2) is 4.99 Å². The Morgan fingerprint density at radius 3 is 2.46 bits per heavy atom. The van der Waals surface area contributed by atoms with Crippen LogP contribution in [0.2, 0.25) is 0 Å². The van der Waals surface area contributed by atoms with Crippen LogP contribution in [-0.4, -0.2) is 64.2 Å². The van der Waals surface area contributed by atoms with E-state index in [2.05, 4.69) is 10.3 Å². The average Bonchev–Trinajstić information content (AvgIpc) is 2.64. The van der Waals surface area contributed by atoms with E-state index in [-0.39, 0.29) is 19.6 Å². The molecule has 1 aliphatic rings. The molecule has 150 valence electrons. The van der Waals surface area contributed by atoms with E-state index in [9.17, 15) is 9.59 Å². The minimum atomic E-state index is -1.57. The lowest BCUT2D eigenvalue weighted by Crippen LogP contribution is -2.55. The number of ether oxygens (including phenoxy) is 4. The van der Waals surface area contributed by atoms with Crippen LogP contribution in [0.4, 0.5) is 0 Å². The van der Waals surface area contributed by atoms with Gasteiger partial charge in [0.1, 0.15) is 0 Å². The van der Waals surface area contributed by atoms with E-state index in [1.165, 1.54) is 0 Å². The van der Waals surface area contributed by atoms with E-state index in [0.29, 0.717) is 38.6 Å². The molecule has 0 aromatic rings. The first-order valence-corrected chi connectivity index (χ1v) is 9.06. The summed E-state index contributed by atoms with van der Waals surface area (Å²) < 4.78 is 21.6. The topological polar surface area (TPSA) is 121 Å². The van der Waals surface area contributed by atoms with Gasteiger partial charge in [-0.15, -0.1) is 0 Å². The van der Waals surface area contributed by atoms with Crippen molar-refractivity contribution in [1.82, 2.24) is 5.32 Å². The van der Waals surface area contributed by atoms with Gasteiger partial charge in [0.15, 0.2) is 12.2 Å². The molecule has 0 spiro atoms. The summed E-state index contributed by atoms with van der Waals surface area (Å²) >= 11 is 0. The monoisotopic (exact) mass is 373 g/mol. The summed E-state index contributed by atoms with van der Waals surface area (Å²) in [6.45, 7) is 5.10. The smallest absolute Gasteiger partial charge is 0.328 e. The van der Waals surface area contributed by atoms with E-state index in [0.717, 1.165) is 6.42 Å². The molecule has 1 rings (SSSR count).